The average Bonchev–Trinajstić information content (AvgIpc) is 3.59. The summed E-state index contributed by atoms with van der Waals surface area (Å²) < 4.78 is 29.5. The van der Waals surface area contributed by atoms with Crippen LogP contribution in [0.2, 0.25) is 0 Å². The van der Waals surface area contributed by atoms with Crippen LogP contribution >= 0.6 is 0 Å². The number of rotatable bonds is 6. The van der Waals surface area contributed by atoms with E-state index in [1.165, 1.54) is 0 Å². The van der Waals surface area contributed by atoms with Crippen molar-refractivity contribution < 1.29 is 18.7 Å². The van der Waals surface area contributed by atoms with E-state index in [0.29, 0.717) is 23.0 Å². The number of aryl methyl sites for hydroxylation is 1. The van der Waals surface area contributed by atoms with Gasteiger partial charge in [0.1, 0.15) is 11.6 Å². The lowest BCUT2D eigenvalue weighted by atomic mass is 9.50. The highest BCUT2D eigenvalue weighted by atomic mass is 19.1. The Morgan fingerprint density at radius 2 is 2.17 bits per heavy atom. The minimum Gasteiger partial charge on any atom is -0.441 e. The van der Waals surface area contributed by atoms with Gasteiger partial charge < -0.3 is 20.1 Å². The van der Waals surface area contributed by atoms with E-state index in [2.05, 4.69) is 31.0 Å². The summed E-state index contributed by atoms with van der Waals surface area (Å²) in [5.41, 5.74) is 2.57. The largest absolute Gasteiger partial charge is 0.441 e. The highest BCUT2D eigenvalue weighted by Crippen LogP contribution is 2.57. The zero-order chi connectivity index (χ0) is 24.4. The smallest absolute Gasteiger partial charge is 0.408 e. The van der Waals surface area contributed by atoms with Gasteiger partial charge in [-0.2, -0.15) is 15.3 Å². The topological polar surface area (TPSA) is 136 Å². The van der Waals surface area contributed by atoms with Crippen LogP contribution in [0.1, 0.15) is 31.1 Å². The number of nitrogens with one attached hydrogen (secondary N) is 3. The molecule has 1 aliphatic heterocycles. The van der Waals surface area contributed by atoms with Crippen LogP contribution in [0.4, 0.5) is 20.8 Å². The van der Waals surface area contributed by atoms with Crippen LogP contribution in [0.15, 0.2) is 36.9 Å². The summed E-state index contributed by atoms with van der Waals surface area (Å²) in [6, 6.07) is 3.49. The first-order valence-corrected chi connectivity index (χ1v) is 11.8. The Balaban J connectivity index is 1.06. The number of halogens is 1. The summed E-state index contributed by atoms with van der Waals surface area (Å²) >= 11 is 0. The standard InChI is InChI=1S/C23H24FN9O3/c1-32-9-13(8-26-32)15-10-33-16(2-3-25-33)21(27-15)28-18-4-14(30-31-18)20-19(24)17(11-35-20)36-22(34)29-23-5-12(6-23)7-23/h2-4,8-10,12,17,19-20H,5-7,11H2,1H3,(H,29,34)(H2,27,28,30,31)/t12?,17-,19+,20-,23?/m0/s1. The third-order valence-electron chi connectivity index (χ3n) is 7.29. The summed E-state index contributed by atoms with van der Waals surface area (Å²) in [5, 5.41) is 21.7. The van der Waals surface area contributed by atoms with Gasteiger partial charge >= 0.3 is 6.09 Å². The van der Waals surface area contributed by atoms with Crippen molar-refractivity contribution in [2.24, 2.45) is 13.0 Å². The molecule has 0 radical (unpaired) electrons. The third-order valence-corrected chi connectivity index (χ3v) is 7.29. The lowest BCUT2D eigenvalue weighted by Crippen LogP contribution is -2.68. The molecule has 5 heterocycles. The van der Waals surface area contributed by atoms with Crippen LogP contribution in [0, 0.1) is 5.92 Å². The van der Waals surface area contributed by atoms with Gasteiger partial charge in [0.15, 0.2) is 23.9 Å². The Bertz CT molecular complexity index is 1440. The van der Waals surface area contributed by atoms with Crippen LogP contribution < -0.4 is 10.6 Å². The molecule has 0 unspecified atom stereocenters. The van der Waals surface area contributed by atoms with Gasteiger partial charge in [0.2, 0.25) is 0 Å². The Morgan fingerprint density at radius 3 is 2.92 bits per heavy atom. The second-order valence-electron chi connectivity index (χ2n) is 9.90. The zero-order valence-corrected chi connectivity index (χ0v) is 19.4. The molecule has 186 valence electrons. The van der Waals surface area contributed by atoms with E-state index in [1.807, 2.05) is 25.5 Å². The fraction of sp³-hybridized carbons (Fsp3) is 0.435. The molecular weight excluding hydrogens is 469 g/mol. The normalized spacial score (nSPS) is 28.5. The van der Waals surface area contributed by atoms with Crippen LogP contribution in [-0.4, -0.2) is 65.1 Å². The molecule has 36 heavy (non-hydrogen) atoms. The molecule has 0 spiro atoms. The first-order chi connectivity index (χ1) is 17.4. The Kier molecular flexibility index (Phi) is 4.58. The van der Waals surface area contributed by atoms with Gasteiger partial charge in [-0.1, -0.05) is 0 Å². The van der Waals surface area contributed by atoms with Gasteiger partial charge in [-0.25, -0.2) is 18.7 Å². The van der Waals surface area contributed by atoms with Crippen molar-refractivity contribution in [1.29, 1.82) is 0 Å². The van der Waals surface area contributed by atoms with Crippen LogP contribution in [-0.2, 0) is 16.5 Å². The molecule has 0 aromatic carbocycles. The average molecular weight is 494 g/mol. The number of ether oxygens (including phenoxy) is 2. The van der Waals surface area contributed by atoms with Gasteiger partial charge in [0, 0.05) is 30.4 Å². The van der Waals surface area contributed by atoms with Crippen molar-refractivity contribution >= 4 is 23.2 Å². The molecule has 3 N–H and O–H groups in total. The molecule has 3 saturated carbocycles. The van der Waals surface area contributed by atoms with Crippen molar-refractivity contribution in [1.82, 2.24) is 39.9 Å². The second-order valence-corrected chi connectivity index (χ2v) is 9.90. The highest BCUT2D eigenvalue weighted by molar-refractivity contribution is 5.75. The molecule has 13 heteroatoms. The monoisotopic (exact) mass is 493 g/mol. The maximum Gasteiger partial charge on any atom is 0.408 e. The van der Waals surface area contributed by atoms with Crippen LogP contribution in [0.3, 0.4) is 0 Å². The van der Waals surface area contributed by atoms with Crippen molar-refractivity contribution in [2.75, 3.05) is 11.9 Å². The number of amides is 1. The van der Waals surface area contributed by atoms with Crippen LogP contribution in [0.25, 0.3) is 16.8 Å². The Hall–Kier alpha value is -4.00. The molecule has 3 aliphatic carbocycles. The lowest BCUT2D eigenvalue weighted by molar-refractivity contribution is -0.0528. The van der Waals surface area contributed by atoms with E-state index in [9.17, 15) is 4.79 Å². The van der Waals surface area contributed by atoms with Crippen molar-refractivity contribution in [3.8, 4) is 11.3 Å². The van der Waals surface area contributed by atoms with E-state index in [-0.39, 0.29) is 12.1 Å². The fourth-order valence-corrected chi connectivity index (χ4v) is 5.33. The summed E-state index contributed by atoms with van der Waals surface area (Å²) in [7, 11) is 1.84. The van der Waals surface area contributed by atoms with Gasteiger partial charge in [0.25, 0.3) is 0 Å². The number of hydrogen-bond acceptors (Lipinski definition) is 8. The third kappa shape index (κ3) is 3.49. The molecule has 2 bridgehead atoms. The molecule has 1 amide bonds. The Labute approximate surface area is 204 Å². The van der Waals surface area contributed by atoms with Crippen LogP contribution in [0.5, 0.6) is 0 Å². The first-order valence-electron chi connectivity index (χ1n) is 11.8. The quantitative estimate of drug-likeness (QED) is 0.373. The summed E-state index contributed by atoms with van der Waals surface area (Å²) in [4.78, 5) is 17.0. The SMILES string of the molecule is Cn1cc(-c2cn3nccc3c(Nc3cc([C@@H]4OC[C@H](OC(=O)NC56CC(C5)C6)[C@H]4F)[nH]n3)n2)cn1. The molecule has 4 fully saturated rings. The second kappa shape index (κ2) is 7.75. The van der Waals surface area contributed by atoms with Gasteiger partial charge in [-0.05, 0) is 31.2 Å². The van der Waals surface area contributed by atoms with Gasteiger partial charge in [-0.15, -0.1) is 0 Å². The molecule has 4 aromatic heterocycles. The van der Waals surface area contributed by atoms with Crippen molar-refractivity contribution in [3.05, 3.63) is 42.6 Å². The fourth-order valence-electron chi connectivity index (χ4n) is 5.33. The zero-order valence-electron chi connectivity index (χ0n) is 19.4. The molecule has 8 rings (SSSR count). The summed E-state index contributed by atoms with van der Waals surface area (Å²) in [5.74, 6) is 1.69. The number of hydrogen-bond donors (Lipinski definition) is 3. The predicted octanol–water partition coefficient (Wildman–Crippen LogP) is 2.65. The number of aromatic nitrogens is 7. The number of nitrogens with zero attached hydrogens (tertiary/aromatic N) is 6. The molecule has 3 atom stereocenters. The summed E-state index contributed by atoms with van der Waals surface area (Å²) in [6.07, 6.45) is 6.03. The van der Waals surface area contributed by atoms with Gasteiger partial charge in [-0.3, -0.25) is 9.78 Å². The minimum atomic E-state index is -1.52. The van der Waals surface area contributed by atoms with E-state index in [1.54, 1.807) is 27.7 Å². The molecular formula is C23H24FN9O3. The number of alkyl carbamates (subject to hydrolysis) is 1. The highest BCUT2D eigenvalue weighted by Gasteiger charge is 2.58. The lowest BCUT2D eigenvalue weighted by Gasteiger charge is -2.61. The minimum absolute atomic E-state index is 0.0260. The van der Waals surface area contributed by atoms with Crippen molar-refractivity contribution in [2.45, 2.75) is 43.2 Å². The maximum absolute atomic E-state index is 15.2. The molecule has 4 aromatic rings. The first kappa shape index (κ1) is 21.3. The molecule has 4 aliphatic rings. The summed E-state index contributed by atoms with van der Waals surface area (Å²) in [6.45, 7) is -0.0260. The number of fused-ring (bicyclic) bond motifs is 1. The number of alkyl halides is 1. The molecule has 1 saturated heterocycles. The number of anilines is 2. The number of H-pyrrole nitrogens is 1. The number of aromatic amines is 1. The van der Waals surface area contributed by atoms with Gasteiger partial charge in [0.05, 0.1) is 36.6 Å². The Morgan fingerprint density at radius 1 is 1.31 bits per heavy atom. The van der Waals surface area contributed by atoms with Crippen molar-refractivity contribution in [3.63, 3.8) is 0 Å². The van der Waals surface area contributed by atoms with E-state index in [0.717, 1.165) is 36.3 Å². The predicted molar refractivity (Wildman–Crippen MR) is 124 cm³/mol. The maximum atomic E-state index is 15.2. The molecule has 12 nitrogen and oxygen atoms in total. The number of carbonyl (C=O) groups is 1. The van der Waals surface area contributed by atoms with E-state index in [4.69, 9.17) is 14.5 Å². The van der Waals surface area contributed by atoms with E-state index >= 15 is 4.39 Å². The number of carbonyl (C=O) groups excluding carboxylic acids is 1. The van der Waals surface area contributed by atoms with E-state index < -0.39 is 24.5 Å².